The van der Waals surface area contributed by atoms with Crippen LogP contribution in [-0.2, 0) is 0 Å². The second-order valence-electron chi connectivity index (χ2n) is 5.71. The number of hydrogen-bond acceptors (Lipinski definition) is 2. The molecule has 2 nitrogen and oxygen atoms in total. The summed E-state index contributed by atoms with van der Waals surface area (Å²) in [4.78, 5) is 2.75. The van der Waals surface area contributed by atoms with Crippen LogP contribution in [0.15, 0.2) is 21.1 Å². The van der Waals surface area contributed by atoms with Crippen molar-refractivity contribution in [1.82, 2.24) is 4.90 Å². The smallest absolute Gasteiger partial charge is 0.0534 e. The van der Waals surface area contributed by atoms with E-state index >= 15 is 0 Å². The number of nitrogens with zero attached hydrogens (tertiary/aromatic N) is 1. The van der Waals surface area contributed by atoms with Gasteiger partial charge < -0.3 is 5.32 Å². The van der Waals surface area contributed by atoms with Crippen LogP contribution in [0.25, 0.3) is 0 Å². The van der Waals surface area contributed by atoms with Crippen molar-refractivity contribution in [2.45, 2.75) is 31.3 Å². The lowest BCUT2D eigenvalue weighted by Gasteiger charge is -2.34. The van der Waals surface area contributed by atoms with E-state index in [0.29, 0.717) is 6.04 Å². The molecule has 0 unspecified atom stereocenters. The van der Waals surface area contributed by atoms with Crippen LogP contribution < -0.4 is 5.32 Å². The minimum Gasteiger partial charge on any atom is -0.384 e. The van der Waals surface area contributed by atoms with Gasteiger partial charge in [0.2, 0.25) is 0 Å². The Morgan fingerprint density at radius 1 is 1.28 bits per heavy atom. The fraction of sp³-hybridized carbons (Fsp3) is 0.571. The lowest BCUT2D eigenvalue weighted by atomic mass is 9.88. The van der Waals surface area contributed by atoms with E-state index in [1.165, 1.54) is 46.0 Å². The van der Waals surface area contributed by atoms with Crippen LogP contribution in [0.1, 0.15) is 30.9 Å². The van der Waals surface area contributed by atoms with E-state index in [2.05, 4.69) is 54.2 Å². The summed E-state index contributed by atoms with van der Waals surface area (Å²) in [5.41, 5.74) is 2.80. The lowest BCUT2D eigenvalue weighted by Crippen LogP contribution is -2.32. The molecule has 4 rings (SSSR count). The largest absolute Gasteiger partial charge is 0.384 e. The number of anilines is 1. The molecule has 3 atom stereocenters. The monoisotopic (exact) mass is 370 g/mol. The molecule has 2 fully saturated rings. The predicted octanol–water partition coefficient (Wildman–Crippen LogP) is 4.16. The molecule has 3 aliphatic heterocycles. The molecule has 0 aliphatic carbocycles. The van der Waals surface area contributed by atoms with Crippen LogP contribution in [0.2, 0.25) is 0 Å². The minimum absolute atomic E-state index is 0.641. The zero-order chi connectivity index (χ0) is 12.3. The molecular weight excluding hydrogens is 356 g/mol. The molecular formula is C14H16Br2N2. The fourth-order valence-electron chi connectivity index (χ4n) is 4.10. The van der Waals surface area contributed by atoms with Crippen molar-refractivity contribution in [1.29, 1.82) is 0 Å². The summed E-state index contributed by atoms with van der Waals surface area (Å²) >= 11 is 7.33. The van der Waals surface area contributed by atoms with Crippen molar-refractivity contribution in [2.24, 2.45) is 5.92 Å². The Kier molecular flexibility index (Phi) is 2.75. The normalized spacial score (nSPS) is 33.8. The molecule has 3 aliphatic rings. The van der Waals surface area contributed by atoms with E-state index < -0.39 is 0 Å². The lowest BCUT2D eigenvalue weighted by molar-refractivity contribution is 0.226. The Morgan fingerprint density at radius 2 is 2.17 bits per heavy atom. The summed E-state index contributed by atoms with van der Waals surface area (Å²) in [5, 5.41) is 3.62. The highest BCUT2D eigenvalue weighted by Crippen LogP contribution is 2.51. The van der Waals surface area contributed by atoms with Gasteiger partial charge in [-0.3, -0.25) is 4.90 Å². The van der Waals surface area contributed by atoms with Gasteiger partial charge in [0.05, 0.1) is 5.69 Å². The van der Waals surface area contributed by atoms with E-state index in [-0.39, 0.29) is 0 Å². The SMILES string of the molecule is Brc1cc(Br)c2c(c1)[C@@H]1[C@H](CN2)C[C@H]2CCCN21. The first-order valence-corrected chi connectivity index (χ1v) is 8.31. The number of fused-ring (bicyclic) bond motifs is 5. The summed E-state index contributed by atoms with van der Waals surface area (Å²) in [6.45, 7) is 2.42. The average molecular weight is 372 g/mol. The summed E-state index contributed by atoms with van der Waals surface area (Å²) in [7, 11) is 0. The van der Waals surface area contributed by atoms with E-state index in [0.717, 1.165) is 18.5 Å². The van der Waals surface area contributed by atoms with Crippen LogP contribution in [0.4, 0.5) is 5.69 Å². The van der Waals surface area contributed by atoms with Crippen molar-refractivity contribution in [3.8, 4) is 0 Å². The summed E-state index contributed by atoms with van der Waals surface area (Å²) < 4.78 is 2.37. The maximum atomic E-state index is 3.69. The van der Waals surface area contributed by atoms with E-state index in [1.807, 2.05) is 0 Å². The number of nitrogens with one attached hydrogen (secondary N) is 1. The Bertz CT molecular complexity index is 503. The summed E-state index contributed by atoms with van der Waals surface area (Å²) in [5.74, 6) is 0.795. The van der Waals surface area contributed by atoms with Crippen LogP contribution in [0.5, 0.6) is 0 Å². The third-order valence-corrected chi connectivity index (χ3v) is 5.83. The molecule has 1 aromatic carbocycles. The molecule has 2 saturated heterocycles. The highest BCUT2D eigenvalue weighted by Gasteiger charge is 2.46. The van der Waals surface area contributed by atoms with Gasteiger partial charge in [-0.05, 0) is 65.4 Å². The molecule has 1 aromatic rings. The van der Waals surface area contributed by atoms with Gasteiger partial charge in [-0.1, -0.05) is 15.9 Å². The number of benzene rings is 1. The van der Waals surface area contributed by atoms with Gasteiger partial charge >= 0.3 is 0 Å². The zero-order valence-corrected chi connectivity index (χ0v) is 13.3. The van der Waals surface area contributed by atoms with Gasteiger partial charge in [-0.15, -0.1) is 0 Å². The first-order chi connectivity index (χ1) is 8.74. The van der Waals surface area contributed by atoms with Gasteiger partial charge in [0.25, 0.3) is 0 Å². The summed E-state index contributed by atoms with van der Waals surface area (Å²) in [6, 6.07) is 5.93. The summed E-state index contributed by atoms with van der Waals surface area (Å²) in [6.07, 6.45) is 4.16. The van der Waals surface area contributed by atoms with Crippen molar-refractivity contribution in [2.75, 3.05) is 18.4 Å². The van der Waals surface area contributed by atoms with Gasteiger partial charge in [0, 0.05) is 27.6 Å². The second-order valence-corrected chi connectivity index (χ2v) is 7.48. The van der Waals surface area contributed by atoms with Crippen LogP contribution in [0.3, 0.4) is 0 Å². The molecule has 1 N–H and O–H groups in total. The minimum atomic E-state index is 0.641. The number of halogens is 2. The van der Waals surface area contributed by atoms with Crippen molar-refractivity contribution >= 4 is 37.5 Å². The van der Waals surface area contributed by atoms with Crippen molar-refractivity contribution < 1.29 is 0 Å². The molecule has 3 heterocycles. The molecule has 96 valence electrons. The Balaban J connectivity index is 1.83. The van der Waals surface area contributed by atoms with Gasteiger partial charge in [-0.25, -0.2) is 0 Å². The Labute approximate surface area is 124 Å². The van der Waals surface area contributed by atoms with E-state index in [1.54, 1.807) is 0 Å². The Morgan fingerprint density at radius 3 is 3.06 bits per heavy atom. The average Bonchev–Trinajstić information content (AvgIpc) is 2.87. The topological polar surface area (TPSA) is 15.3 Å². The third kappa shape index (κ3) is 1.61. The maximum absolute atomic E-state index is 3.69. The Hall–Kier alpha value is -0.0600. The molecule has 4 heteroatoms. The molecule has 0 bridgehead atoms. The van der Waals surface area contributed by atoms with Gasteiger partial charge in [0.15, 0.2) is 0 Å². The molecule has 0 saturated carbocycles. The first-order valence-electron chi connectivity index (χ1n) is 6.72. The van der Waals surface area contributed by atoms with E-state index in [4.69, 9.17) is 0 Å². The standard InChI is InChI=1S/C14H16Br2N2/c15-9-5-11-13(12(16)6-9)17-7-8-4-10-2-1-3-18(10)14(8)11/h5-6,8,10,14,17H,1-4,7H2/t8-,10+,14-/m0/s1. The van der Waals surface area contributed by atoms with Crippen LogP contribution in [0, 0.1) is 5.92 Å². The van der Waals surface area contributed by atoms with E-state index in [9.17, 15) is 0 Å². The molecule has 0 aromatic heterocycles. The predicted molar refractivity (Wildman–Crippen MR) is 80.9 cm³/mol. The van der Waals surface area contributed by atoms with Crippen molar-refractivity contribution in [3.05, 3.63) is 26.6 Å². The van der Waals surface area contributed by atoms with Gasteiger partial charge in [0.1, 0.15) is 0 Å². The van der Waals surface area contributed by atoms with Crippen LogP contribution >= 0.6 is 31.9 Å². The quantitative estimate of drug-likeness (QED) is 0.736. The van der Waals surface area contributed by atoms with Crippen LogP contribution in [-0.4, -0.2) is 24.0 Å². The molecule has 0 amide bonds. The maximum Gasteiger partial charge on any atom is 0.0534 e. The highest BCUT2D eigenvalue weighted by atomic mass is 79.9. The number of hydrogen-bond donors (Lipinski definition) is 1. The zero-order valence-electron chi connectivity index (χ0n) is 10.1. The van der Waals surface area contributed by atoms with Gasteiger partial charge in [-0.2, -0.15) is 0 Å². The highest BCUT2D eigenvalue weighted by molar-refractivity contribution is 9.11. The molecule has 18 heavy (non-hydrogen) atoms. The first kappa shape index (κ1) is 11.7. The second kappa shape index (κ2) is 4.22. The fourth-order valence-corrected chi connectivity index (χ4v) is 5.50. The molecule has 0 spiro atoms. The molecule has 0 radical (unpaired) electrons. The number of rotatable bonds is 0. The third-order valence-electron chi connectivity index (χ3n) is 4.75. The van der Waals surface area contributed by atoms with Crippen molar-refractivity contribution in [3.63, 3.8) is 0 Å².